The zero-order valence-corrected chi connectivity index (χ0v) is 18.2. The molecule has 8 nitrogen and oxygen atoms in total. The van der Waals surface area contributed by atoms with Crippen LogP contribution < -0.4 is 5.32 Å². The highest BCUT2D eigenvalue weighted by atomic mass is 32.2. The predicted octanol–water partition coefficient (Wildman–Crippen LogP) is 3.64. The first-order chi connectivity index (χ1) is 14.3. The average molecular weight is 429 g/mol. The van der Waals surface area contributed by atoms with Crippen LogP contribution >= 0.6 is 0 Å². The van der Waals surface area contributed by atoms with Crippen molar-refractivity contribution in [2.24, 2.45) is 0 Å². The molecular formula is C21H24N4O4S. The first-order valence-corrected chi connectivity index (χ1v) is 11.0. The molecule has 1 amide bonds. The molecule has 3 rings (SSSR count). The second-order valence-electron chi connectivity index (χ2n) is 6.71. The molecule has 0 atom stereocenters. The highest BCUT2D eigenvalue weighted by Crippen LogP contribution is 2.27. The molecule has 0 bridgehead atoms. The largest absolute Gasteiger partial charge is 0.339 e. The van der Waals surface area contributed by atoms with Gasteiger partial charge in [0.05, 0.1) is 10.6 Å². The number of hydrogen-bond donors (Lipinski definition) is 1. The van der Waals surface area contributed by atoms with E-state index >= 15 is 0 Å². The maximum Gasteiger partial charge on any atom is 0.255 e. The number of nitrogens with one attached hydrogen (secondary N) is 1. The maximum absolute atomic E-state index is 13.0. The molecule has 0 fully saturated rings. The van der Waals surface area contributed by atoms with Crippen LogP contribution in [0.5, 0.6) is 0 Å². The van der Waals surface area contributed by atoms with Crippen molar-refractivity contribution in [3.63, 3.8) is 0 Å². The number of para-hydroxylation sites is 1. The van der Waals surface area contributed by atoms with E-state index < -0.39 is 15.9 Å². The lowest BCUT2D eigenvalue weighted by atomic mass is 10.1. The SMILES string of the molecule is CCN(CC)S(=O)(=O)c1cc(C(=O)Nc2ccccc2-c2noc(C)n2)ccc1C. The third kappa shape index (κ3) is 4.27. The van der Waals surface area contributed by atoms with E-state index in [9.17, 15) is 13.2 Å². The first kappa shape index (κ1) is 21.7. The van der Waals surface area contributed by atoms with Gasteiger partial charge in [-0.15, -0.1) is 0 Å². The number of carbonyl (C=O) groups is 1. The Bertz CT molecular complexity index is 1170. The van der Waals surface area contributed by atoms with Crippen LogP contribution in [0.1, 0.15) is 35.7 Å². The van der Waals surface area contributed by atoms with Crippen molar-refractivity contribution in [1.82, 2.24) is 14.4 Å². The third-order valence-corrected chi connectivity index (χ3v) is 6.91. The van der Waals surface area contributed by atoms with Gasteiger partial charge in [-0.05, 0) is 36.8 Å². The van der Waals surface area contributed by atoms with Gasteiger partial charge in [-0.1, -0.05) is 37.2 Å². The summed E-state index contributed by atoms with van der Waals surface area (Å²) in [5.41, 5.74) is 1.93. The van der Waals surface area contributed by atoms with Crippen LogP contribution in [0.15, 0.2) is 51.9 Å². The van der Waals surface area contributed by atoms with Crippen LogP contribution in [0.3, 0.4) is 0 Å². The summed E-state index contributed by atoms with van der Waals surface area (Å²) in [5, 5.41) is 6.72. The van der Waals surface area contributed by atoms with Crippen molar-refractivity contribution in [1.29, 1.82) is 0 Å². The summed E-state index contributed by atoms with van der Waals surface area (Å²) in [6, 6.07) is 11.7. The van der Waals surface area contributed by atoms with E-state index in [-0.39, 0.29) is 10.5 Å². The molecule has 9 heteroatoms. The summed E-state index contributed by atoms with van der Waals surface area (Å²) in [6.45, 7) is 7.67. The molecule has 0 saturated carbocycles. The topological polar surface area (TPSA) is 105 Å². The lowest BCUT2D eigenvalue weighted by Crippen LogP contribution is -2.31. The molecule has 1 N–H and O–H groups in total. The van der Waals surface area contributed by atoms with Gasteiger partial charge in [0, 0.05) is 31.1 Å². The molecule has 30 heavy (non-hydrogen) atoms. The minimum Gasteiger partial charge on any atom is -0.339 e. The smallest absolute Gasteiger partial charge is 0.255 e. The van der Waals surface area contributed by atoms with E-state index in [0.717, 1.165) is 0 Å². The highest BCUT2D eigenvalue weighted by Gasteiger charge is 2.25. The number of carbonyl (C=O) groups excluding carboxylic acids is 1. The second-order valence-corrected chi connectivity index (χ2v) is 8.61. The minimum atomic E-state index is -3.69. The number of rotatable bonds is 7. The third-order valence-electron chi connectivity index (χ3n) is 4.72. The Kier molecular flexibility index (Phi) is 6.33. The summed E-state index contributed by atoms with van der Waals surface area (Å²) in [6.07, 6.45) is 0. The van der Waals surface area contributed by atoms with Gasteiger partial charge in [0.1, 0.15) is 0 Å². The van der Waals surface area contributed by atoms with Crippen LogP contribution in [0.4, 0.5) is 5.69 Å². The van der Waals surface area contributed by atoms with Crippen molar-refractivity contribution in [3.8, 4) is 11.4 Å². The lowest BCUT2D eigenvalue weighted by molar-refractivity contribution is 0.102. The molecule has 0 radical (unpaired) electrons. The zero-order chi connectivity index (χ0) is 21.9. The zero-order valence-electron chi connectivity index (χ0n) is 17.3. The van der Waals surface area contributed by atoms with E-state index in [1.807, 2.05) is 0 Å². The monoisotopic (exact) mass is 428 g/mol. The fraction of sp³-hybridized carbons (Fsp3) is 0.286. The van der Waals surface area contributed by atoms with Crippen molar-refractivity contribution < 1.29 is 17.7 Å². The van der Waals surface area contributed by atoms with E-state index in [1.54, 1.807) is 64.1 Å². The Hall–Kier alpha value is -3.04. The standard InChI is InChI=1S/C21H24N4O4S/c1-5-25(6-2)30(27,28)19-13-16(12-11-14(19)3)21(26)23-18-10-8-7-9-17(18)20-22-15(4)29-24-20/h7-13H,5-6H2,1-4H3,(H,23,26). The molecule has 1 aromatic heterocycles. The molecule has 0 spiro atoms. The predicted molar refractivity (Wildman–Crippen MR) is 114 cm³/mol. The Morgan fingerprint density at radius 2 is 1.80 bits per heavy atom. The molecule has 0 aliphatic carbocycles. The van der Waals surface area contributed by atoms with Crippen LogP contribution in [-0.4, -0.2) is 41.9 Å². The maximum atomic E-state index is 13.0. The molecular weight excluding hydrogens is 404 g/mol. The van der Waals surface area contributed by atoms with Gasteiger partial charge in [0.2, 0.25) is 21.7 Å². The van der Waals surface area contributed by atoms with Crippen LogP contribution in [0.2, 0.25) is 0 Å². The second kappa shape index (κ2) is 8.76. The normalized spacial score (nSPS) is 11.6. The van der Waals surface area contributed by atoms with Gasteiger partial charge in [-0.3, -0.25) is 4.79 Å². The molecule has 0 aliphatic rings. The average Bonchev–Trinajstić information content (AvgIpc) is 3.15. The number of aromatic nitrogens is 2. The Balaban J connectivity index is 1.95. The van der Waals surface area contributed by atoms with Crippen molar-refractivity contribution in [2.75, 3.05) is 18.4 Å². The molecule has 158 valence electrons. The number of anilines is 1. The molecule has 0 aliphatic heterocycles. The van der Waals surface area contributed by atoms with Gasteiger partial charge in [-0.25, -0.2) is 8.42 Å². The van der Waals surface area contributed by atoms with E-state index in [4.69, 9.17) is 4.52 Å². The van der Waals surface area contributed by atoms with Gasteiger partial charge in [0.25, 0.3) is 5.91 Å². The molecule has 2 aromatic carbocycles. The number of amides is 1. The van der Waals surface area contributed by atoms with Crippen LogP contribution in [0.25, 0.3) is 11.4 Å². The fourth-order valence-corrected chi connectivity index (χ4v) is 4.82. The molecule has 0 saturated heterocycles. The van der Waals surface area contributed by atoms with E-state index in [1.165, 1.54) is 10.4 Å². The van der Waals surface area contributed by atoms with E-state index in [2.05, 4.69) is 15.5 Å². The van der Waals surface area contributed by atoms with E-state index in [0.29, 0.717) is 41.6 Å². The van der Waals surface area contributed by atoms with Gasteiger partial charge < -0.3 is 9.84 Å². The highest BCUT2D eigenvalue weighted by molar-refractivity contribution is 7.89. The molecule has 1 heterocycles. The van der Waals surface area contributed by atoms with Gasteiger partial charge >= 0.3 is 0 Å². The quantitative estimate of drug-likeness (QED) is 0.616. The number of hydrogen-bond acceptors (Lipinski definition) is 6. The summed E-state index contributed by atoms with van der Waals surface area (Å²) in [5.74, 6) is 0.340. The molecule has 3 aromatic rings. The first-order valence-electron chi connectivity index (χ1n) is 9.59. The van der Waals surface area contributed by atoms with Crippen molar-refractivity contribution in [3.05, 3.63) is 59.5 Å². The Labute approximate surface area is 176 Å². The van der Waals surface area contributed by atoms with Crippen molar-refractivity contribution in [2.45, 2.75) is 32.6 Å². The summed E-state index contributed by atoms with van der Waals surface area (Å²) in [4.78, 5) is 17.2. The Morgan fingerprint density at radius 3 is 2.43 bits per heavy atom. The van der Waals surface area contributed by atoms with Gasteiger partial charge in [0.15, 0.2) is 0 Å². The fourth-order valence-electron chi connectivity index (χ4n) is 3.11. The summed E-state index contributed by atoms with van der Waals surface area (Å²) in [7, 11) is -3.69. The number of nitrogens with zero attached hydrogens (tertiary/aromatic N) is 3. The minimum absolute atomic E-state index is 0.126. The molecule has 0 unspecified atom stereocenters. The number of aryl methyl sites for hydroxylation is 2. The summed E-state index contributed by atoms with van der Waals surface area (Å²) >= 11 is 0. The van der Waals surface area contributed by atoms with Crippen LogP contribution in [-0.2, 0) is 10.0 Å². The van der Waals surface area contributed by atoms with Gasteiger partial charge in [-0.2, -0.15) is 9.29 Å². The number of benzene rings is 2. The van der Waals surface area contributed by atoms with Crippen molar-refractivity contribution >= 4 is 21.6 Å². The lowest BCUT2D eigenvalue weighted by Gasteiger charge is -2.20. The summed E-state index contributed by atoms with van der Waals surface area (Å²) < 4.78 is 32.3. The Morgan fingerprint density at radius 1 is 1.10 bits per heavy atom. The van der Waals surface area contributed by atoms with Crippen LogP contribution in [0, 0.1) is 13.8 Å². The number of sulfonamides is 1.